The summed E-state index contributed by atoms with van der Waals surface area (Å²) in [6, 6.07) is 0. The normalized spacial score (nSPS) is 10.9. The lowest BCUT2D eigenvalue weighted by Crippen LogP contribution is -2.03. The van der Waals surface area contributed by atoms with Crippen molar-refractivity contribution in [1.29, 1.82) is 0 Å². The van der Waals surface area contributed by atoms with E-state index in [0.29, 0.717) is 0 Å². The smallest absolute Gasteiger partial charge is 0.183 e. The number of anilines is 1. The highest BCUT2D eigenvalue weighted by molar-refractivity contribution is 5.81. The molecule has 2 rings (SSSR count). The van der Waals surface area contributed by atoms with E-state index in [4.69, 9.17) is 0 Å². The van der Waals surface area contributed by atoms with Crippen LogP contribution >= 0.6 is 0 Å². The molecule has 2 aromatic rings. The van der Waals surface area contributed by atoms with Gasteiger partial charge in [0.1, 0.15) is 6.33 Å². The average Bonchev–Trinajstić information content (AvgIpc) is 2.71. The first kappa shape index (κ1) is 10.8. The zero-order chi connectivity index (χ0) is 11.4. The lowest BCUT2D eigenvalue weighted by Gasteiger charge is -2.02. The maximum absolute atomic E-state index is 4.22. The SMILES string of the molecule is CCCCn1nnc2c(NCC)ncnc21. The molecule has 0 fully saturated rings. The van der Waals surface area contributed by atoms with Gasteiger partial charge < -0.3 is 5.32 Å². The third kappa shape index (κ3) is 1.95. The minimum atomic E-state index is 0.750. The molecular weight excluding hydrogens is 204 g/mol. The molecule has 0 aromatic carbocycles. The van der Waals surface area contributed by atoms with Gasteiger partial charge in [0, 0.05) is 13.1 Å². The van der Waals surface area contributed by atoms with Crippen molar-refractivity contribution in [1.82, 2.24) is 25.0 Å². The van der Waals surface area contributed by atoms with E-state index >= 15 is 0 Å². The van der Waals surface area contributed by atoms with Gasteiger partial charge in [-0.2, -0.15) is 0 Å². The lowest BCUT2D eigenvalue weighted by atomic mass is 10.3. The fraction of sp³-hybridized carbons (Fsp3) is 0.600. The Kier molecular flexibility index (Phi) is 3.28. The first-order valence-electron chi connectivity index (χ1n) is 5.64. The Morgan fingerprint density at radius 3 is 2.94 bits per heavy atom. The van der Waals surface area contributed by atoms with E-state index in [0.717, 1.165) is 42.9 Å². The van der Waals surface area contributed by atoms with Crippen LogP contribution in [0, 0.1) is 0 Å². The summed E-state index contributed by atoms with van der Waals surface area (Å²) < 4.78 is 1.83. The Hall–Kier alpha value is -1.72. The number of nitrogens with one attached hydrogen (secondary N) is 1. The lowest BCUT2D eigenvalue weighted by molar-refractivity contribution is 0.564. The summed E-state index contributed by atoms with van der Waals surface area (Å²) in [6.45, 7) is 5.84. The molecule has 16 heavy (non-hydrogen) atoms. The Balaban J connectivity index is 2.36. The van der Waals surface area contributed by atoms with Gasteiger partial charge in [0.05, 0.1) is 0 Å². The number of nitrogens with zero attached hydrogens (tertiary/aromatic N) is 5. The van der Waals surface area contributed by atoms with Crippen molar-refractivity contribution in [2.24, 2.45) is 0 Å². The zero-order valence-corrected chi connectivity index (χ0v) is 9.64. The molecule has 0 aliphatic rings. The van der Waals surface area contributed by atoms with E-state index in [1.807, 2.05) is 11.6 Å². The van der Waals surface area contributed by atoms with Crippen LogP contribution in [0.25, 0.3) is 11.2 Å². The molecule has 86 valence electrons. The average molecular weight is 220 g/mol. The van der Waals surface area contributed by atoms with Crippen molar-refractivity contribution in [2.75, 3.05) is 11.9 Å². The fourth-order valence-corrected chi connectivity index (χ4v) is 1.55. The standard InChI is InChI=1S/C10H16N6/c1-3-5-6-16-10-8(14-15-16)9(11-4-2)12-7-13-10/h7H,3-6H2,1-2H3,(H,11,12,13). The van der Waals surface area contributed by atoms with Gasteiger partial charge in [-0.15, -0.1) is 5.10 Å². The van der Waals surface area contributed by atoms with Crippen LogP contribution in [0.5, 0.6) is 0 Å². The highest BCUT2D eigenvalue weighted by Gasteiger charge is 2.10. The zero-order valence-electron chi connectivity index (χ0n) is 9.64. The van der Waals surface area contributed by atoms with Crippen molar-refractivity contribution >= 4 is 17.0 Å². The second kappa shape index (κ2) is 4.87. The minimum absolute atomic E-state index is 0.750. The van der Waals surface area contributed by atoms with Gasteiger partial charge in [0.15, 0.2) is 17.0 Å². The second-order valence-corrected chi connectivity index (χ2v) is 3.59. The summed E-state index contributed by atoms with van der Waals surface area (Å²) in [4.78, 5) is 8.38. The van der Waals surface area contributed by atoms with E-state index in [2.05, 4.69) is 32.5 Å². The minimum Gasteiger partial charge on any atom is -0.368 e. The summed E-state index contributed by atoms with van der Waals surface area (Å²) >= 11 is 0. The van der Waals surface area contributed by atoms with Crippen LogP contribution in [0.2, 0.25) is 0 Å². The van der Waals surface area contributed by atoms with E-state index in [-0.39, 0.29) is 0 Å². The van der Waals surface area contributed by atoms with Crippen LogP contribution in [0.15, 0.2) is 6.33 Å². The van der Waals surface area contributed by atoms with Crippen molar-refractivity contribution in [2.45, 2.75) is 33.2 Å². The molecule has 0 radical (unpaired) electrons. The van der Waals surface area contributed by atoms with Gasteiger partial charge in [-0.1, -0.05) is 18.6 Å². The van der Waals surface area contributed by atoms with Gasteiger partial charge in [0.2, 0.25) is 0 Å². The van der Waals surface area contributed by atoms with Crippen molar-refractivity contribution < 1.29 is 0 Å². The quantitative estimate of drug-likeness (QED) is 0.826. The summed E-state index contributed by atoms with van der Waals surface area (Å²) in [5.41, 5.74) is 1.56. The monoisotopic (exact) mass is 220 g/mol. The van der Waals surface area contributed by atoms with Crippen molar-refractivity contribution in [3.63, 3.8) is 0 Å². The third-order valence-electron chi connectivity index (χ3n) is 2.37. The Morgan fingerprint density at radius 2 is 2.19 bits per heavy atom. The first-order valence-corrected chi connectivity index (χ1v) is 5.64. The molecule has 0 atom stereocenters. The van der Waals surface area contributed by atoms with Gasteiger partial charge >= 0.3 is 0 Å². The van der Waals surface area contributed by atoms with Crippen LogP contribution in [-0.4, -0.2) is 31.5 Å². The number of hydrogen-bond donors (Lipinski definition) is 1. The topological polar surface area (TPSA) is 68.5 Å². The molecule has 6 nitrogen and oxygen atoms in total. The van der Waals surface area contributed by atoms with Gasteiger partial charge in [-0.25, -0.2) is 14.6 Å². The molecule has 0 unspecified atom stereocenters. The molecular formula is C10H16N6. The Labute approximate surface area is 94.1 Å². The summed E-state index contributed by atoms with van der Waals surface area (Å²) in [5.74, 6) is 0.759. The van der Waals surface area contributed by atoms with Gasteiger partial charge in [0.25, 0.3) is 0 Å². The number of hydrogen-bond acceptors (Lipinski definition) is 5. The maximum atomic E-state index is 4.22. The summed E-state index contributed by atoms with van der Waals surface area (Å²) in [5, 5.41) is 11.4. The summed E-state index contributed by atoms with van der Waals surface area (Å²) in [6.07, 6.45) is 3.76. The molecule has 2 heterocycles. The molecule has 2 aromatic heterocycles. The fourth-order valence-electron chi connectivity index (χ4n) is 1.55. The van der Waals surface area contributed by atoms with E-state index in [1.54, 1.807) is 6.33 Å². The number of aromatic nitrogens is 5. The van der Waals surface area contributed by atoms with Crippen molar-refractivity contribution in [3.05, 3.63) is 6.33 Å². The second-order valence-electron chi connectivity index (χ2n) is 3.59. The molecule has 0 amide bonds. The molecule has 0 aliphatic carbocycles. The van der Waals surface area contributed by atoms with Crippen molar-refractivity contribution in [3.8, 4) is 0 Å². The highest BCUT2D eigenvalue weighted by Crippen LogP contribution is 2.15. The number of rotatable bonds is 5. The van der Waals surface area contributed by atoms with Crippen LogP contribution in [0.4, 0.5) is 5.82 Å². The molecule has 0 spiro atoms. The van der Waals surface area contributed by atoms with Crippen LogP contribution < -0.4 is 5.32 Å². The van der Waals surface area contributed by atoms with Crippen LogP contribution in [0.3, 0.4) is 0 Å². The summed E-state index contributed by atoms with van der Waals surface area (Å²) in [7, 11) is 0. The van der Waals surface area contributed by atoms with E-state index < -0.39 is 0 Å². The predicted molar refractivity (Wildman–Crippen MR) is 62.2 cm³/mol. The highest BCUT2D eigenvalue weighted by atomic mass is 15.4. The van der Waals surface area contributed by atoms with Gasteiger partial charge in [-0.05, 0) is 13.3 Å². The predicted octanol–water partition coefficient (Wildman–Crippen LogP) is 1.45. The molecule has 6 heteroatoms. The maximum Gasteiger partial charge on any atom is 0.183 e. The molecule has 0 bridgehead atoms. The molecule has 0 aliphatic heterocycles. The van der Waals surface area contributed by atoms with Crippen LogP contribution in [0.1, 0.15) is 26.7 Å². The van der Waals surface area contributed by atoms with E-state index in [1.165, 1.54) is 0 Å². The van der Waals surface area contributed by atoms with E-state index in [9.17, 15) is 0 Å². The first-order chi connectivity index (χ1) is 7.86. The molecule has 0 saturated heterocycles. The number of unbranched alkanes of at least 4 members (excludes halogenated alkanes) is 1. The third-order valence-corrected chi connectivity index (χ3v) is 2.37. The molecule has 1 N–H and O–H groups in total. The van der Waals surface area contributed by atoms with Crippen LogP contribution in [-0.2, 0) is 6.54 Å². The Morgan fingerprint density at radius 1 is 1.31 bits per heavy atom. The number of fused-ring (bicyclic) bond motifs is 1. The van der Waals surface area contributed by atoms with Gasteiger partial charge in [-0.3, -0.25) is 0 Å². The largest absolute Gasteiger partial charge is 0.368 e. The number of aryl methyl sites for hydroxylation is 1. The Bertz CT molecular complexity index is 463. The molecule has 0 saturated carbocycles.